The van der Waals surface area contributed by atoms with Crippen molar-refractivity contribution in [2.24, 2.45) is 5.92 Å². The van der Waals surface area contributed by atoms with Crippen LogP contribution >= 0.6 is 0 Å². The summed E-state index contributed by atoms with van der Waals surface area (Å²) in [5.41, 5.74) is 3.15. The Bertz CT molecular complexity index is 1150. The molecule has 0 spiro atoms. The summed E-state index contributed by atoms with van der Waals surface area (Å²) in [7, 11) is 4.03. The second kappa shape index (κ2) is 14.0. The minimum Gasteiger partial charge on any atom is -0.385 e. The molecule has 0 bridgehead atoms. The van der Waals surface area contributed by atoms with Crippen molar-refractivity contribution in [3.63, 3.8) is 0 Å². The summed E-state index contributed by atoms with van der Waals surface area (Å²) in [5, 5.41) is 2.94. The molecule has 3 rings (SSSR count). The summed E-state index contributed by atoms with van der Waals surface area (Å²) in [6, 6.07) is 14.0. The largest absolute Gasteiger partial charge is 0.385 e. The third kappa shape index (κ3) is 8.44. The maximum Gasteiger partial charge on any atom is 0.253 e. The number of amides is 1. The van der Waals surface area contributed by atoms with Crippen molar-refractivity contribution in [1.82, 2.24) is 10.2 Å². The standard InChI is InChI=1S/C29H44N4O4S/c1-31(2)17-18-32(3)26-22-27(33-15-12-24(13-16-33)20-23-10-7-6-8-11-23)28(38(5,35)36)21-25(26)29(34)30-14-9-19-37-4/h6-8,10-11,21-22,24H,9,12-20H2,1-5H3,(H,30,34). The Morgan fingerprint density at radius 3 is 2.37 bits per heavy atom. The molecule has 0 atom stereocenters. The first-order valence-corrected chi connectivity index (χ1v) is 15.3. The van der Waals surface area contributed by atoms with Gasteiger partial charge in [0.15, 0.2) is 9.84 Å². The number of nitrogens with one attached hydrogen (secondary N) is 1. The zero-order chi connectivity index (χ0) is 27.7. The van der Waals surface area contributed by atoms with Crippen LogP contribution in [0.4, 0.5) is 11.4 Å². The number of nitrogens with zero attached hydrogens (tertiary/aromatic N) is 3. The first-order chi connectivity index (χ1) is 18.1. The van der Waals surface area contributed by atoms with Crippen molar-refractivity contribution in [2.75, 3.05) is 83.6 Å². The summed E-state index contributed by atoms with van der Waals surface area (Å²) >= 11 is 0. The molecule has 1 fully saturated rings. The summed E-state index contributed by atoms with van der Waals surface area (Å²) in [5.74, 6) is 0.292. The molecule has 1 aliphatic heterocycles. The molecule has 0 unspecified atom stereocenters. The first-order valence-electron chi connectivity index (χ1n) is 13.4. The Balaban J connectivity index is 1.90. The number of hydrogen-bond acceptors (Lipinski definition) is 7. The van der Waals surface area contributed by atoms with Crippen LogP contribution in [0.25, 0.3) is 0 Å². The number of sulfone groups is 1. The maximum atomic E-state index is 13.3. The van der Waals surface area contributed by atoms with Crippen molar-refractivity contribution in [3.8, 4) is 0 Å². The van der Waals surface area contributed by atoms with E-state index in [1.807, 2.05) is 38.2 Å². The van der Waals surface area contributed by atoms with Crippen LogP contribution in [-0.2, 0) is 21.0 Å². The number of carbonyl (C=O) groups excluding carboxylic acids is 1. The average Bonchev–Trinajstić information content (AvgIpc) is 2.89. The molecule has 0 saturated carbocycles. The number of piperidine rings is 1. The van der Waals surface area contributed by atoms with Crippen LogP contribution in [0.15, 0.2) is 47.4 Å². The van der Waals surface area contributed by atoms with Gasteiger partial charge in [0.1, 0.15) is 0 Å². The van der Waals surface area contributed by atoms with Gasteiger partial charge in [-0.25, -0.2) is 8.42 Å². The number of methoxy groups -OCH3 is 1. The van der Waals surface area contributed by atoms with Crippen molar-refractivity contribution in [3.05, 3.63) is 53.6 Å². The van der Waals surface area contributed by atoms with Crippen LogP contribution in [0.3, 0.4) is 0 Å². The van der Waals surface area contributed by atoms with Crippen molar-refractivity contribution in [2.45, 2.75) is 30.6 Å². The normalized spacial score (nSPS) is 14.6. The molecular weight excluding hydrogens is 500 g/mol. The molecule has 38 heavy (non-hydrogen) atoms. The molecule has 1 aliphatic rings. The lowest BCUT2D eigenvalue weighted by atomic mass is 9.90. The van der Waals surface area contributed by atoms with E-state index in [1.165, 1.54) is 11.8 Å². The van der Waals surface area contributed by atoms with E-state index in [0.29, 0.717) is 43.3 Å². The smallest absolute Gasteiger partial charge is 0.253 e. The molecule has 9 heteroatoms. The number of likely N-dealkylation sites (N-methyl/N-ethyl adjacent to an activating group) is 2. The Hall–Kier alpha value is -2.62. The number of rotatable bonds is 13. The minimum absolute atomic E-state index is 0.214. The van der Waals surface area contributed by atoms with Gasteiger partial charge in [0.2, 0.25) is 0 Å². The first kappa shape index (κ1) is 29.9. The average molecular weight is 545 g/mol. The van der Waals surface area contributed by atoms with Gasteiger partial charge in [-0.05, 0) is 63.4 Å². The van der Waals surface area contributed by atoms with E-state index >= 15 is 0 Å². The lowest BCUT2D eigenvalue weighted by Gasteiger charge is -2.36. The third-order valence-corrected chi connectivity index (χ3v) is 8.27. The van der Waals surface area contributed by atoms with Gasteiger partial charge in [0.25, 0.3) is 5.91 Å². The van der Waals surface area contributed by atoms with E-state index in [0.717, 1.165) is 44.6 Å². The zero-order valence-corrected chi connectivity index (χ0v) is 24.4. The van der Waals surface area contributed by atoms with Crippen LogP contribution in [0.1, 0.15) is 35.2 Å². The molecule has 0 radical (unpaired) electrons. The highest BCUT2D eigenvalue weighted by atomic mass is 32.2. The van der Waals surface area contributed by atoms with Crippen molar-refractivity contribution in [1.29, 1.82) is 0 Å². The fourth-order valence-electron chi connectivity index (χ4n) is 4.91. The molecule has 2 aromatic carbocycles. The lowest BCUT2D eigenvalue weighted by Crippen LogP contribution is -2.36. The van der Waals surface area contributed by atoms with Crippen molar-refractivity contribution < 1.29 is 17.9 Å². The summed E-state index contributed by atoms with van der Waals surface area (Å²) < 4.78 is 31.0. The van der Waals surface area contributed by atoms with Gasteiger partial charge in [-0.3, -0.25) is 4.79 Å². The van der Waals surface area contributed by atoms with Gasteiger partial charge in [-0.1, -0.05) is 30.3 Å². The SMILES string of the molecule is COCCCNC(=O)c1cc(S(C)(=O)=O)c(N2CCC(Cc3ccccc3)CC2)cc1N(C)CCN(C)C. The monoisotopic (exact) mass is 544 g/mol. The molecule has 1 amide bonds. The van der Waals surface area contributed by atoms with Gasteiger partial charge in [-0.15, -0.1) is 0 Å². The summed E-state index contributed by atoms with van der Waals surface area (Å²) in [6.07, 6.45) is 4.93. The fraction of sp³-hybridized carbons (Fsp3) is 0.552. The van der Waals surface area contributed by atoms with Crippen LogP contribution in [0.5, 0.6) is 0 Å². The number of hydrogen-bond donors (Lipinski definition) is 1. The molecule has 1 N–H and O–H groups in total. The van der Waals surface area contributed by atoms with Crippen molar-refractivity contribution >= 4 is 27.1 Å². The topological polar surface area (TPSA) is 82.2 Å². The highest BCUT2D eigenvalue weighted by molar-refractivity contribution is 7.90. The van der Waals surface area contributed by atoms with Crippen LogP contribution < -0.4 is 15.1 Å². The number of anilines is 2. The Labute approximate surface area is 228 Å². The van der Waals surface area contributed by atoms with Crippen LogP contribution in [0.2, 0.25) is 0 Å². The van der Waals surface area contributed by atoms with Crippen LogP contribution in [-0.4, -0.2) is 93.1 Å². The Morgan fingerprint density at radius 2 is 1.76 bits per heavy atom. The van der Waals surface area contributed by atoms with Gasteiger partial charge in [-0.2, -0.15) is 0 Å². The quantitative estimate of drug-likeness (QED) is 0.388. The molecule has 8 nitrogen and oxygen atoms in total. The van der Waals surface area contributed by atoms with Crippen LogP contribution in [0, 0.1) is 5.92 Å². The van der Waals surface area contributed by atoms with E-state index in [9.17, 15) is 13.2 Å². The van der Waals surface area contributed by atoms with E-state index in [-0.39, 0.29) is 10.8 Å². The summed E-state index contributed by atoms with van der Waals surface area (Å²) in [6.45, 7) is 4.07. The maximum absolute atomic E-state index is 13.3. The van der Waals surface area contributed by atoms with Gasteiger partial charge < -0.3 is 24.8 Å². The minimum atomic E-state index is -3.57. The molecule has 1 saturated heterocycles. The van der Waals surface area contributed by atoms with E-state index < -0.39 is 9.84 Å². The number of benzene rings is 2. The summed E-state index contributed by atoms with van der Waals surface area (Å²) in [4.78, 5) is 19.8. The molecule has 0 aliphatic carbocycles. The molecule has 0 aromatic heterocycles. The molecule has 210 valence electrons. The van der Waals surface area contributed by atoms with E-state index in [4.69, 9.17) is 4.74 Å². The lowest BCUT2D eigenvalue weighted by molar-refractivity contribution is 0.0949. The van der Waals surface area contributed by atoms with Gasteiger partial charge in [0, 0.05) is 59.7 Å². The zero-order valence-electron chi connectivity index (χ0n) is 23.6. The molecule has 2 aromatic rings. The Kier molecular flexibility index (Phi) is 11.0. The highest BCUT2D eigenvalue weighted by Crippen LogP contribution is 2.36. The molecular formula is C29H44N4O4S. The van der Waals surface area contributed by atoms with E-state index in [1.54, 1.807) is 13.2 Å². The second-order valence-corrected chi connectivity index (χ2v) is 12.5. The molecule has 1 heterocycles. The second-order valence-electron chi connectivity index (χ2n) is 10.6. The predicted molar refractivity (Wildman–Crippen MR) is 155 cm³/mol. The Morgan fingerprint density at radius 1 is 1.08 bits per heavy atom. The predicted octanol–water partition coefficient (Wildman–Crippen LogP) is 3.31. The fourth-order valence-corrected chi connectivity index (χ4v) is 5.81. The number of carbonyl (C=O) groups is 1. The highest BCUT2D eigenvalue weighted by Gasteiger charge is 2.28. The van der Waals surface area contributed by atoms with Gasteiger partial charge in [0.05, 0.1) is 21.8 Å². The third-order valence-electron chi connectivity index (χ3n) is 7.15. The number of ether oxygens (including phenoxy) is 1. The van der Waals surface area contributed by atoms with Gasteiger partial charge >= 0.3 is 0 Å². The van der Waals surface area contributed by atoms with E-state index in [2.05, 4.69) is 39.4 Å².